The largest absolute Gasteiger partial charge is 0.304 e. The Morgan fingerprint density at radius 3 is 2.43 bits per heavy atom. The molecule has 0 saturated heterocycles. The Balaban J connectivity index is 2.17. The van der Waals surface area contributed by atoms with Crippen molar-refractivity contribution in [2.24, 2.45) is 0 Å². The third kappa shape index (κ3) is 2.72. The standard InChI is InChI=1S/C18H16ClNO/c1-12-3-8-17-16(9-12)13(2)10-18(21)20(17)11-14-4-6-15(19)7-5-14/h3-10H,11H2,1-2H3. The van der Waals surface area contributed by atoms with Crippen LogP contribution in [0.15, 0.2) is 53.3 Å². The molecule has 0 bridgehead atoms. The summed E-state index contributed by atoms with van der Waals surface area (Å²) in [6, 6.07) is 15.5. The molecule has 0 saturated carbocycles. The molecular formula is C18H16ClNO. The van der Waals surface area contributed by atoms with E-state index >= 15 is 0 Å². The summed E-state index contributed by atoms with van der Waals surface area (Å²) in [6.45, 7) is 4.60. The lowest BCUT2D eigenvalue weighted by Crippen LogP contribution is -2.21. The van der Waals surface area contributed by atoms with Crippen LogP contribution in [0.4, 0.5) is 0 Å². The fourth-order valence-corrected chi connectivity index (χ4v) is 2.72. The highest BCUT2D eigenvalue weighted by molar-refractivity contribution is 6.30. The minimum Gasteiger partial charge on any atom is -0.304 e. The van der Waals surface area contributed by atoms with Crippen LogP contribution in [-0.2, 0) is 6.54 Å². The van der Waals surface area contributed by atoms with Crippen molar-refractivity contribution in [3.63, 3.8) is 0 Å². The first-order valence-corrected chi connectivity index (χ1v) is 7.27. The van der Waals surface area contributed by atoms with Gasteiger partial charge in [0.1, 0.15) is 0 Å². The van der Waals surface area contributed by atoms with Crippen LogP contribution in [0.2, 0.25) is 5.02 Å². The summed E-state index contributed by atoms with van der Waals surface area (Å²) < 4.78 is 1.81. The Bertz CT molecular complexity index is 863. The number of hydrogen-bond donors (Lipinski definition) is 0. The number of fused-ring (bicyclic) bond motifs is 1. The Hall–Kier alpha value is -2.06. The van der Waals surface area contributed by atoms with E-state index in [1.165, 1.54) is 5.56 Å². The Labute approximate surface area is 128 Å². The van der Waals surface area contributed by atoms with Crippen molar-refractivity contribution >= 4 is 22.5 Å². The van der Waals surface area contributed by atoms with E-state index in [-0.39, 0.29) is 5.56 Å². The Morgan fingerprint density at radius 2 is 1.71 bits per heavy atom. The molecule has 3 rings (SSSR count). The Morgan fingerprint density at radius 1 is 1.00 bits per heavy atom. The van der Waals surface area contributed by atoms with E-state index in [4.69, 9.17) is 11.6 Å². The molecule has 1 aromatic heterocycles. The van der Waals surface area contributed by atoms with Gasteiger partial charge in [0.15, 0.2) is 0 Å². The van der Waals surface area contributed by atoms with Gasteiger partial charge >= 0.3 is 0 Å². The zero-order valence-electron chi connectivity index (χ0n) is 12.1. The van der Waals surface area contributed by atoms with Gasteiger partial charge in [-0.2, -0.15) is 0 Å². The molecule has 0 spiro atoms. The van der Waals surface area contributed by atoms with E-state index in [0.717, 1.165) is 22.0 Å². The highest BCUT2D eigenvalue weighted by Gasteiger charge is 2.07. The lowest BCUT2D eigenvalue weighted by atomic mass is 10.1. The summed E-state index contributed by atoms with van der Waals surface area (Å²) in [5.74, 6) is 0. The second-order valence-electron chi connectivity index (χ2n) is 5.40. The fraction of sp³-hybridized carbons (Fsp3) is 0.167. The van der Waals surface area contributed by atoms with Crippen molar-refractivity contribution in [3.05, 3.63) is 80.6 Å². The average Bonchev–Trinajstić information content (AvgIpc) is 2.46. The molecule has 2 nitrogen and oxygen atoms in total. The van der Waals surface area contributed by atoms with E-state index in [2.05, 4.69) is 13.0 Å². The molecule has 0 atom stereocenters. The lowest BCUT2D eigenvalue weighted by Gasteiger charge is -2.13. The summed E-state index contributed by atoms with van der Waals surface area (Å²) in [6.07, 6.45) is 0. The summed E-state index contributed by atoms with van der Waals surface area (Å²) >= 11 is 5.91. The molecule has 0 aliphatic heterocycles. The van der Waals surface area contributed by atoms with Crippen molar-refractivity contribution in [2.75, 3.05) is 0 Å². The summed E-state index contributed by atoms with van der Waals surface area (Å²) in [5.41, 5.74) is 4.28. The van der Waals surface area contributed by atoms with Crippen LogP contribution >= 0.6 is 11.6 Å². The van der Waals surface area contributed by atoms with Crippen molar-refractivity contribution in [1.82, 2.24) is 4.57 Å². The van der Waals surface area contributed by atoms with Gasteiger partial charge in [-0.25, -0.2) is 0 Å². The van der Waals surface area contributed by atoms with Crippen LogP contribution in [0.5, 0.6) is 0 Å². The van der Waals surface area contributed by atoms with Gasteiger partial charge in [0.25, 0.3) is 5.56 Å². The maximum atomic E-state index is 12.3. The number of halogens is 1. The molecule has 2 aromatic carbocycles. The van der Waals surface area contributed by atoms with Gasteiger partial charge < -0.3 is 4.57 Å². The van der Waals surface area contributed by atoms with Gasteiger partial charge in [0, 0.05) is 16.5 Å². The van der Waals surface area contributed by atoms with Crippen LogP contribution in [0.3, 0.4) is 0 Å². The van der Waals surface area contributed by atoms with E-state index in [1.54, 1.807) is 6.07 Å². The average molecular weight is 298 g/mol. The van der Waals surface area contributed by atoms with Crippen LogP contribution in [0, 0.1) is 13.8 Å². The van der Waals surface area contributed by atoms with Gasteiger partial charge in [-0.3, -0.25) is 4.79 Å². The third-order valence-corrected chi connectivity index (χ3v) is 3.98. The number of nitrogens with zero attached hydrogens (tertiary/aromatic N) is 1. The minimum absolute atomic E-state index is 0.0267. The van der Waals surface area contributed by atoms with Crippen molar-refractivity contribution < 1.29 is 0 Å². The van der Waals surface area contributed by atoms with E-state index < -0.39 is 0 Å². The topological polar surface area (TPSA) is 22.0 Å². The van der Waals surface area contributed by atoms with Crippen molar-refractivity contribution in [2.45, 2.75) is 20.4 Å². The predicted octanol–water partition coefficient (Wildman–Crippen LogP) is 4.32. The maximum Gasteiger partial charge on any atom is 0.251 e. The number of rotatable bonds is 2. The SMILES string of the molecule is Cc1ccc2c(c1)c(C)cc(=O)n2Cc1ccc(Cl)cc1. The zero-order chi connectivity index (χ0) is 15.0. The molecular weight excluding hydrogens is 282 g/mol. The highest BCUT2D eigenvalue weighted by atomic mass is 35.5. The Kier molecular flexibility index (Phi) is 3.56. The van der Waals surface area contributed by atoms with E-state index in [0.29, 0.717) is 11.6 Å². The molecule has 1 heterocycles. The first kappa shape index (κ1) is 13.9. The highest BCUT2D eigenvalue weighted by Crippen LogP contribution is 2.19. The minimum atomic E-state index is 0.0267. The summed E-state index contributed by atoms with van der Waals surface area (Å²) in [5, 5.41) is 1.83. The monoisotopic (exact) mass is 297 g/mol. The van der Waals surface area contributed by atoms with Crippen molar-refractivity contribution in [3.8, 4) is 0 Å². The van der Waals surface area contributed by atoms with Crippen LogP contribution in [0.25, 0.3) is 10.9 Å². The maximum absolute atomic E-state index is 12.3. The predicted molar refractivity (Wildman–Crippen MR) is 88.2 cm³/mol. The van der Waals surface area contributed by atoms with Crippen LogP contribution in [-0.4, -0.2) is 4.57 Å². The molecule has 0 aliphatic carbocycles. The first-order valence-electron chi connectivity index (χ1n) is 6.90. The van der Waals surface area contributed by atoms with Gasteiger partial charge in [0.2, 0.25) is 0 Å². The fourth-order valence-electron chi connectivity index (χ4n) is 2.60. The molecule has 0 fully saturated rings. The van der Waals surface area contributed by atoms with Gasteiger partial charge in [0.05, 0.1) is 12.1 Å². The van der Waals surface area contributed by atoms with Crippen LogP contribution in [0.1, 0.15) is 16.7 Å². The second-order valence-corrected chi connectivity index (χ2v) is 5.84. The van der Waals surface area contributed by atoms with Crippen molar-refractivity contribution in [1.29, 1.82) is 0 Å². The molecule has 0 radical (unpaired) electrons. The first-order chi connectivity index (χ1) is 10.0. The number of benzene rings is 2. The quantitative estimate of drug-likeness (QED) is 0.690. The number of aryl methyl sites for hydroxylation is 2. The molecule has 21 heavy (non-hydrogen) atoms. The molecule has 0 aliphatic rings. The van der Waals surface area contributed by atoms with E-state index in [9.17, 15) is 4.79 Å². The lowest BCUT2D eigenvalue weighted by molar-refractivity contribution is 0.793. The molecule has 0 unspecified atom stereocenters. The number of pyridine rings is 1. The number of hydrogen-bond acceptors (Lipinski definition) is 1. The van der Waals surface area contributed by atoms with Gasteiger partial charge in [-0.15, -0.1) is 0 Å². The molecule has 3 aromatic rings. The molecule has 106 valence electrons. The summed E-state index contributed by atoms with van der Waals surface area (Å²) in [7, 11) is 0. The number of aromatic nitrogens is 1. The van der Waals surface area contributed by atoms with E-state index in [1.807, 2.05) is 47.9 Å². The van der Waals surface area contributed by atoms with Crippen LogP contribution < -0.4 is 5.56 Å². The van der Waals surface area contributed by atoms with Gasteiger partial charge in [-0.1, -0.05) is 35.4 Å². The molecule has 0 N–H and O–H groups in total. The third-order valence-electron chi connectivity index (χ3n) is 3.73. The smallest absolute Gasteiger partial charge is 0.251 e. The summed E-state index contributed by atoms with van der Waals surface area (Å²) in [4.78, 5) is 12.3. The normalized spacial score (nSPS) is 11.0. The second kappa shape index (κ2) is 5.38. The van der Waals surface area contributed by atoms with Gasteiger partial charge in [-0.05, 0) is 49.2 Å². The zero-order valence-corrected chi connectivity index (χ0v) is 12.8. The molecule has 3 heteroatoms. The molecule has 0 amide bonds.